The molecule has 0 fully saturated rings. The van der Waals surface area contributed by atoms with Crippen LogP contribution in [0.3, 0.4) is 0 Å². The molecule has 48 heavy (non-hydrogen) atoms. The summed E-state index contributed by atoms with van der Waals surface area (Å²) < 4.78 is 10.9. The molecule has 0 aromatic heterocycles. The Labute approximate surface area is 277 Å². The molecule has 13 N–H and O–H groups in total. The highest BCUT2D eigenvalue weighted by Gasteiger charge is 2.26. The second-order valence-corrected chi connectivity index (χ2v) is 10.2. The van der Waals surface area contributed by atoms with Crippen LogP contribution in [-0.4, -0.2) is 79.2 Å². The average Bonchev–Trinajstić information content (AvgIpc) is 3.30. The van der Waals surface area contributed by atoms with Gasteiger partial charge >= 0.3 is 5.97 Å². The molecule has 2 atom stereocenters. The summed E-state index contributed by atoms with van der Waals surface area (Å²) in [5.74, 6) is 7.55. The maximum absolute atomic E-state index is 13.1. The topological polar surface area (TPSA) is 289 Å². The summed E-state index contributed by atoms with van der Waals surface area (Å²) in [4.78, 5) is 61.7. The quantitative estimate of drug-likeness (QED) is 0.0209. The minimum atomic E-state index is -1.61. The first kappa shape index (κ1) is 38.9. The highest BCUT2D eigenvalue weighted by molar-refractivity contribution is 6.00. The van der Waals surface area contributed by atoms with Crippen LogP contribution < -0.4 is 49.1 Å². The number of carbonyl (C=O) groups is 5. The van der Waals surface area contributed by atoms with Crippen LogP contribution in [0.15, 0.2) is 60.0 Å². The Hall–Kier alpha value is -5.30. The Morgan fingerprint density at radius 1 is 1.08 bits per heavy atom. The van der Waals surface area contributed by atoms with Gasteiger partial charge in [0.05, 0.1) is 24.7 Å². The number of hydrogen-bond donors (Lipinski definition) is 10. The number of hydrogen-bond acceptors (Lipinski definition) is 11. The molecule has 0 bridgehead atoms. The van der Waals surface area contributed by atoms with Gasteiger partial charge in [-0.15, -0.1) is 0 Å². The molecule has 0 saturated heterocycles. The molecular formula is C30H44N10O8. The minimum Gasteiger partial charge on any atom is -0.498 e. The van der Waals surface area contributed by atoms with E-state index in [0.29, 0.717) is 57.1 Å². The van der Waals surface area contributed by atoms with Crippen LogP contribution >= 0.6 is 0 Å². The van der Waals surface area contributed by atoms with E-state index in [-0.39, 0.29) is 29.5 Å². The summed E-state index contributed by atoms with van der Waals surface area (Å²) in [7, 11) is 0. The third-order valence-corrected chi connectivity index (χ3v) is 6.55. The summed E-state index contributed by atoms with van der Waals surface area (Å²) >= 11 is 0. The van der Waals surface area contributed by atoms with Crippen LogP contribution in [0.5, 0.6) is 0 Å². The Balaban J connectivity index is 1.95. The van der Waals surface area contributed by atoms with Crippen LogP contribution in [-0.2, 0) is 28.7 Å². The van der Waals surface area contributed by atoms with Crippen LogP contribution in [0.2, 0.25) is 0 Å². The number of aliphatic carboxylic acids is 1. The lowest BCUT2D eigenvalue weighted by Crippen LogP contribution is -2.57. The smallest absolute Gasteiger partial charge is 0.303 e. The number of nitrogens with zero attached hydrogens (tertiary/aromatic N) is 1. The maximum Gasteiger partial charge on any atom is 0.303 e. The molecule has 0 aliphatic heterocycles. The van der Waals surface area contributed by atoms with E-state index in [1.807, 2.05) is 6.92 Å². The zero-order valence-electron chi connectivity index (χ0n) is 26.6. The van der Waals surface area contributed by atoms with Crippen LogP contribution in [0.25, 0.3) is 0 Å². The van der Waals surface area contributed by atoms with Crippen molar-refractivity contribution in [2.24, 2.45) is 17.4 Å². The average molecular weight is 673 g/mol. The van der Waals surface area contributed by atoms with Gasteiger partial charge in [-0.3, -0.25) is 34.8 Å². The molecule has 1 aromatic rings. The SMILES string of the molecule is CCOCCC(=O)NCCCOC1=CC=C(NC(=O)C(CCC(=O)O)NC(=O)C(N)NC(=O)c2cccc(N(N)C(=N)NN)c2)C=CC1. The van der Waals surface area contributed by atoms with Crippen LogP contribution in [0.1, 0.15) is 49.4 Å². The second-order valence-electron chi connectivity index (χ2n) is 10.2. The Bertz CT molecular complexity index is 1400. The number of carboxylic acids is 1. The van der Waals surface area contributed by atoms with E-state index in [1.54, 1.807) is 24.3 Å². The van der Waals surface area contributed by atoms with E-state index < -0.39 is 42.3 Å². The van der Waals surface area contributed by atoms with Gasteiger partial charge in [0.2, 0.25) is 17.8 Å². The normalized spacial score (nSPS) is 13.4. The zero-order valence-corrected chi connectivity index (χ0v) is 26.6. The summed E-state index contributed by atoms with van der Waals surface area (Å²) in [5, 5.41) is 27.8. The molecular weight excluding hydrogens is 628 g/mol. The van der Waals surface area contributed by atoms with E-state index in [9.17, 15) is 29.1 Å². The number of carboxylic acid groups (broad SMARTS) is 1. The largest absolute Gasteiger partial charge is 0.498 e. The molecule has 0 saturated carbocycles. The molecule has 1 aliphatic carbocycles. The molecule has 262 valence electrons. The van der Waals surface area contributed by atoms with Crippen molar-refractivity contribution in [3.63, 3.8) is 0 Å². The van der Waals surface area contributed by atoms with Crippen LogP contribution in [0, 0.1) is 5.41 Å². The molecule has 1 aliphatic rings. The number of anilines is 1. The number of ether oxygens (including phenoxy) is 2. The monoisotopic (exact) mass is 672 g/mol. The number of amides is 4. The molecule has 4 amide bonds. The first-order valence-electron chi connectivity index (χ1n) is 15.1. The van der Waals surface area contributed by atoms with Crippen molar-refractivity contribution >= 4 is 41.2 Å². The Kier molecular flexibility index (Phi) is 16.8. The van der Waals surface area contributed by atoms with E-state index in [0.717, 1.165) is 5.01 Å². The number of carbonyl (C=O) groups excluding carboxylic acids is 4. The molecule has 1 aromatic carbocycles. The Morgan fingerprint density at radius 3 is 2.56 bits per heavy atom. The molecule has 2 unspecified atom stereocenters. The molecule has 0 heterocycles. The Morgan fingerprint density at radius 2 is 1.85 bits per heavy atom. The van der Waals surface area contributed by atoms with Crippen molar-refractivity contribution in [3.8, 4) is 0 Å². The number of nitrogens with one attached hydrogen (secondary N) is 6. The van der Waals surface area contributed by atoms with Gasteiger partial charge in [0.25, 0.3) is 11.8 Å². The van der Waals surface area contributed by atoms with Gasteiger partial charge < -0.3 is 41.6 Å². The molecule has 18 heteroatoms. The van der Waals surface area contributed by atoms with E-state index in [1.165, 1.54) is 24.3 Å². The number of guanidine groups is 1. The van der Waals surface area contributed by atoms with Gasteiger partial charge in [-0.25, -0.2) is 16.7 Å². The lowest BCUT2D eigenvalue weighted by Gasteiger charge is -2.21. The number of nitrogens with two attached hydrogens (primary N) is 3. The number of rotatable bonds is 19. The predicted octanol–water partition coefficient (Wildman–Crippen LogP) is -1.08. The number of allylic oxidation sites excluding steroid dienone is 4. The summed E-state index contributed by atoms with van der Waals surface area (Å²) in [6, 6.07) is 4.45. The lowest BCUT2D eigenvalue weighted by molar-refractivity contribution is -0.138. The summed E-state index contributed by atoms with van der Waals surface area (Å²) in [5.41, 5.74) is 8.61. The van der Waals surface area contributed by atoms with Crippen molar-refractivity contribution in [2.75, 3.05) is 31.4 Å². The van der Waals surface area contributed by atoms with Crippen molar-refractivity contribution in [3.05, 3.63) is 65.6 Å². The van der Waals surface area contributed by atoms with Gasteiger partial charge in [0, 0.05) is 43.7 Å². The van der Waals surface area contributed by atoms with E-state index in [2.05, 4.69) is 26.7 Å². The van der Waals surface area contributed by atoms with Crippen molar-refractivity contribution in [1.29, 1.82) is 5.41 Å². The summed E-state index contributed by atoms with van der Waals surface area (Å²) in [6.45, 7) is 3.59. The number of benzene rings is 1. The first-order valence-corrected chi connectivity index (χ1v) is 15.1. The fraction of sp³-hybridized carbons (Fsp3) is 0.400. The second kappa shape index (κ2) is 20.7. The maximum atomic E-state index is 13.1. The highest BCUT2D eigenvalue weighted by atomic mass is 16.5. The third kappa shape index (κ3) is 14.0. The van der Waals surface area contributed by atoms with Crippen molar-refractivity contribution in [1.82, 2.24) is 26.7 Å². The highest BCUT2D eigenvalue weighted by Crippen LogP contribution is 2.14. The van der Waals surface area contributed by atoms with Gasteiger partial charge in [-0.1, -0.05) is 12.1 Å². The van der Waals surface area contributed by atoms with Crippen molar-refractivity contribution in [2.45, 2.75) is 51.2 Å². The number of hydrazine groups is 2. The fourth-order valence-corrected chi connectivity index (χ4v) is 4.01. The first-order chi connectivity index (χ1) is 22.9. The molecule has 0 spiro atoms. The van der Waals surface area contributed by atoms with Crippen molar-refractivity contribution < 1.29 is 38.6 Å². The zero-order chi connectivity index (χ0) is 35.5. The third-order valence-electron chi connectivity index (χ3n) is 6.55. The van der Waals surface area contributed by atoms with Gasteiger partial charge in [0.1, 0.15) is 6.04 Å². The molecule has 18 nitrogen and oxygen atoms in total. The van der Waals surface area contributed by atoms with E-state index >= 15 is 0 Å². The predicted molar refractivity (Wildman–Crippen MR) is 175 cm³/mol. The van der Waals surface area contributed by atoms with Gasteiger partial charge in [-0.05, 0) is 56.2 Å². The van der Waals surface area contributed by atoms with Gasteiger partial charge in [0.15, 0.2) is 6.17 Å². The molecule has 0 radical (unpaired) electrons. The molecule has 2 rings (SSSR count). The standard InChI is InChI=1S/C30H44N10O8/c1-2-47-17-14-24(41)35-15-5-16-48-22-9-4-7-20(10-11-22)36-28(45)23(12-13-25(42)43)37-29(46)26(31)38-27(44)19-6-3-8-21(18-19)40(34)30(32)39-33/h3-4,6-8,10-11,18,23,26H,2,5,9,12-17,31,33-34H2,1H3,(H2,32,39)(H,35,41)(H,36,45)(H,37,46)(H,38,44)(H,42,43). The fourth-order valence-electron chi connectivity index (χ4n) is 4.01. The van der Waals surface area contributed by atoms with E-state index in [4.69, 9.17) is 32.3 Å². The minimum absolute atomic E-state index is 0.0554. The van der Waals surface area contributed by atoms with Gasteiger partial charge in [-0.2, -0.15) is 0 Å². The summed E-state index contributed by atoms with van der Waals surface area (Å²) in [6.07, 6.45) is 5.65. The lowest BCUT2D eigenvalue weighted by atomic mass is 10.1. The van der Waals surface area contributed by atoms with Crippen LogP contribution in [0.4, 0.5) is 5.69 Å².